The second kappa shape index (κ2) is 11.4. The Morgan fingerprint density at radius 2 is 2.10 bits per heavy atom. The maximum atomic E-state index is 14.2. The predicted octanol–water partition coefficient (Wildman–Crippen LogP) is 2.76. The highest BCUT2D eigenvalue weighted by Crippen LogP contribution is 2.28. The number of anilines is 1. The van der Waals surface area contributed by atoms with Crippen molar-refractivity contribution in [1.29, 1.82) is 5.41 Å². The number of hydrogen-bond donors (Lipinski definition) is 3. The SMILES string of the molecule is CC#CCOc1cnc(C(=O)Nc2cc(F)c(F)c([C@H](CF)CCOC(=N)N)c2)cn1. The Morgan fingerprint density at radius 1 is 1.32 bits per heavy atom. The molecule has 0 aliphatic rings. The van der Waals surface area contributed by atoms with Gasteiger partial charge >= 0.3 is 0 Å². The van der Waals surface area contributed by atoms with Crippen molar-refractivity contribution < 1.29 is 27.4 Å². The zero-order valence-corrected chi connectivity index (χ0v) is 16.5. The Morgan fingerprint density at radius 3 is 2.71 bits per heavy atom. The van der Waals surface area contributed by atoms with Crippen LogP contribution < -0.4 is 15.8 Å². The fourth-order valence-electron chi connectivity index (χ4n) is 2.49. The molecule has 0 fully saturated rings. The quantitative estimate of drug-likeness (QED) is 0.316. The Hall–Kier alpha value is -3.81. The molecule has 0 radical (unpaired) electrons. The molecule has 0 saturated carbocycles. The number of aromatic nitrogens is 2. The molecule has 164 valence electrons. The third-order valence-corrected chi connectivity index (χ3v) is 3.99. The van der Waals surface area contributed by atoms with Crippen LogP contribution in [0.5, 0.6) is 5.88 Å². The summed E-state index contributed by atoms with van der Waals surface area (Å²) in [6.45, 7) is 0.600. The molecule has 1 amide bonds. The largest absolute Gasteiger partial charge is 0.466 e. The fourth-order valence-corrected chi connectivity index (χ4v) is 2.49. The zero-order valence-electron chi connectivity index (χ0n) is 16.5. The number of rotatable bonds is 9. The summed E-state index contributed by atoms with van der Waals surface area (Å²) in [7, 11) is 0. The van der Waals surface area contributed by atoms with E-state index in [-0.39, 0.29) is 42.5 Å². The number of carbonyl (C=O) groups is 1. The highest BCUT2D eigenvalue weighted by Gasteiger charge is 2.21. The Balaban J connectivity index is 2.14. The third kappa shape index (κ3) is 6.88. The minimum absolute atomic E-state index is 0.0564. The highest BCUT2D eigenvalue weighted by molar-refractivity contribution is 6.02. The van der Waals surface area contributed by atoms with Crippen LogP contribution in [-0.2, 0) is 4.74 Å². The van der Waals surface area contributed by atoms with Crippen molar-refractivity contribution in [2.45, 2.75) is 19.3 Å². The van der Waals surface area contributed by atoms with E-state index in [0.717, 1.165) is 18.3 Å². The average molecular weight is 435 g/mol. The topological polar surface area (TPSA) is 123 Å². The summed E-state index contributed by atoms with van der Waals surface area (Å²) in [5.41, 5.74) is 4.57. The van der Waals surface area contributed by atoms with E-state index >= 15 is 0 Å². The van der Waals surface area contributed by atoms with E-state index in [2.05, 4.69) is 27.1 Å². The van der Waals surface area contributed by atoms with Gasteiger partial charge in [0.2, 0.25) is 5.88 Å². The zero-order chi connectivity index (χ0) is 22.8. The van der Waals surface area contributed by atoms with Gasteiger partial charge in [-0.3, -0.25) is 14.6 Å². The number of carbonyl (C=O) groups excluding carboxylic acids is 1. The van der Waals surface area contributed by atoms with E-state index in [1.807, 2.05) is 0 Å². The number of alkyl halides is 1. The third-order valence-electron chi connectivity index (χ3n) is 3.99. The van der Waals surface area contributed by atoms with E-state index in [9.17, 15) is 18.0 Å². The molecule has 0 spiro atoms. The number of nitrogens with one attached hydrogen (secondary N) is 2. The van der Waals surface area contributed by atoms with Crippen molar-refractivity contribution in [3.8, 4) is 17.7 Å². The summed E-state index contributed by atoms with van der Waals surface area (Å²) in [6.07, 6.45) is 2.31. The predicted molar refractivity (Wildman–Crippen MR) is 106 cm³/mol. The molecule has 0 aliphatic carbocycles. The number of ether oxygens (including phenoxy) is 2. The number of nitrogens with zero attached hydrogens (tertiary/aromatic N) is 2. The van der Waals surface area contributed by atoms with Crippen molar-refractivity contribution in [3.05, 3.63) is 47.4 Å². The number of amidine groups is 1. The molecule has 1 aromatic carbocycles. The van der Waals surface area contributed by atoms with E-state index in [4.69, 9.17) is 20.6 Å². The van der Waals surface area contributed by atoms with Crippen LogP contribution in [0.1, 0.15) is 35.3 Å². The van der Waals surface area contributed by atoms with E-state index in [1.165, 1.54) is 6.20 Å². The summed E-state index contributed by atoms with van der Waals surface area (Å²) < 4.78 is 51.6. The average Bonchev–Trinajstić information content (AvgIpc) is 2.74. The lowest BCUT2D eigenvalue weighted by molar-refractivity contribution is 0.102. The van der Waals surface area contributed by atoms with Crippen LogP contribution in [0.4, 0.5) is 18.9 Å². The Kier molecular flexibility index (Phi) is 8.63. The standard InChI is InChI=1S/C20H20F3N5O3/c1-2-3-5-30-17-11-26-16(10-27-17)19(29)28-13-7-14(18(23)15(22)8-13)12(9-21)4-6-31-20(24)25/h7-8,10-12H,4-6,9H2,1H3,(H3,24,25)(H,28,29)/t12-/m0/s1. The van der Waals surface area contributed by atoms with Gasteiger partial charge in [-0.15, -0.1) is 5.92 Å². The van der Waals surface area contributed by atoms with Crippen molar-refractivity contribution in [1.82, 2.24) is 9.97 Å². The van der Waals surface area contributed by atoms with E-state index < -0.39 is 36.2 Å². The molecule has 0 saturated heterocycles. The number of nitrogens with two attached hydrogens (primary N) is 1. The molecule has 4 N–H and O–H groups in total. The molecule has 31 heavy (non-hydrogen) atoms. The van der Waals surface area contributed by atoms with Gasteiger partial charge in [-0.1, -0.05) is 5.92 Å². The van der Waals surface area contributed by atoms with E-state index in [0.29, 0.717) is 0 Å². The van der Waals surface area contributed by atoms with Gasteiger partial charge in [0.25, 0.3) is 11.9 Å². The van der Waals surface area contributed by atoms with Crippen LogP contribution >= 0.6 is 0 Å². The number of amides is 1. The minimum Gasteiger partial charge on any atom is -0.466 e. The molecular formula is C20H20F3N5O3. The van der Waals surface area contributed by atoms with Gasteiger partial charge in [-0.25, -0.2) is 18.7 Å². The van der Waals surface area contributed by atoms with Gasteiger partial charge in [-0.05, 0) is 25.0 Å². The van der Waals surface area contributed by atoms with Crippen LogP contribution in [0, 0.1) is 28.9 Å². The lowest BCUT2D eigenvalue weighted by Gasteiger charge is -2.16. The number of halogens is 3. The first-order chi connectivity index (χ1) is 14.8. The smallest absolute Gasteiger partial charge is 0.278 e. The van der Waals surface area contributed by atoms with Gasteiger partial charge in [0.15, 0.2) is 18.2 Å². The molecule has 1 aromatic heterocycles. The summed E-state index contributed by atoms with van der Waals surface area (Å²) in [5, 5.41) is 9.35. The second-order valence-corrected chi connectivity index (χ2v) is 6.12. The fraction of sp³-hybridized carbons (Fsp3) is 0.300. The van der Waals surface area contributed by atoms with Gasteiger partial charge in [0.05, 0.1) is 25.7 Å². The first kappa shape index (κ1) is 23.5. The Labute approximate surface area is 176 Å². The van der Waals surface area contributed by atoms with Gasteiger partial charge < -0.3 is 20.5 Å². The number of hydrogen-bond acceptors (Lipinski definition) is 6. The number of benzene rings is 1. The highest BCUT2D eigenvalue weighted by atomic mass is 19.2. The van der Waals surface area contributed by atoms with Crippen LogP contribution in [-0.4, -0.2) is 41.8 Å². The van der Waals surface area contributed by atoms with Gasteiger partial charge in [0.1, 0.15) is 5.69 Å². The monoisotopic (exact) mass is 435 g/mol. The maximum absolute atomic E-state index is 14.2. The Bertz CT molecular complexity index is 990. The molecule has 1 atom stereocenters. The molecule has 0 aliphatic heterocycles. The summed E-state index contributed by atoms with van der Waals surface area (Å²) in [6, 6.07) is 1.33. The lowest BCUT2D eigenvalue weighted by Crippen LogP contribution is -2.18. The molecule has 2 aromatic rings. The van der Waals surface area contributed by atoms with Crippen LogP contribution in [0.3, 0.4) is 0 Å². The van der Waals surface area contributed by atoms with Crippen molar-refractivity contribution in [2.75, 3.05) is 25.2 Å². The van der Waals surface area contributed by atoms with Crippen molar-refractivity contribution in [3.63, 3.8) is 0 Å². The first-order valence-electron chi connectivity index (χ1n) is 9.03. The molecular weight excluding hydrogens is 415 g/mol. The van der Waals surface area contributed by atoms with Crippen LogP contribution in [0.25, 0.3) is 0 Å². The molecule has 11 heteroatoms. The maximum Gasteiger partial charge on any atom is 0.278 e. The first-order valence-corrected chi connectivity index (χ1v) is 9.03. The normalized spacial score (nSPS) is 11.1. The van der Waals surface area contributed by atoms with Crippen LogP contribution in [0.15, 0.2) is 24.5 Å². The van der Waals surface area contributed by atoms with Crippen molar-refractivity contribution in [2.24, 2.45) is 5.73 Å². The summed E-state index contributed by atoms with van der Waals surface area (Å²) in [4.78, 5) is 20.2. The molecule has 2 rings (SSSR count). The second-order valence-electron chi connectivity index (χ2n) is 6.12. The van der Waals surface area contributed by atoms with Crippen molar-refractivity contribution >= 4 is 17.6 Å². The summed E-state index contributed by atoms with van der Waals surface area (Å²) >= 11 is 0. The van der Waals surface area contributed by atoms with Gasteiger partial charge in [-0.2, -0.15) is 0 Å². The van der Waals surface area contributed by atoms with Crippen LogP contribution in [0.2, 0.25) is 0 Å². The lowest BCUT2D eigenvalue weighted by atomic mass is 9.96. The van der Waals surface area contributed by atoms with Gasteiger partial charge in [0, 0.05) is 17.7 Å². The molecule has 0 unspecified atom stereocenters. The summed E-state index contributed by atoms with van der Waals surface area (Å²) in [5.74, 6) is 1.19. The van der Waals surface area contributed by atoms with E-state index in [1.54, 1.807) is 6.92 Å². The minimum atomic E-state index is -1.26. The molecule has 1 heterocycles. The molecule has 0 bridgehead atoms. The molecule has 8 nitrogen and oxygen atoms in total.